The number of hydrogen-bond acceptors (Lipinski definition) is 2. The molecule has 0 saturated heterocycles. The number of amides is 1. The van der Waals surface area contributed by atoms with E-state index in [1.807, 2.05) is 31.2 Å². The molecule has 0 atom stereocenters. The summed E-state index contributed by atoms with van der Waals surface area (Å²) in [5.41, 5.74) is 3.48. The summed E-state index contributed by atoms with van der Waals surface area (Å²) < 4.78 is 15.3. The van der Waals surface area contributed by atoms with Gasteiger partial charge >= 0.3 is 0 Å². The van der Waals surface area contributed by atoms with Crippen LogP contribution in [0.3, 0.4) is 0 Å². The molecule has 0 fully saturated rings. The van der Waals surface area contributed by atoms with E-state index in [0.717, 1.165) is 5.56 Å². The fourth-order valence-corrected chi connectivity index (χ4v) is 3.01. The van der Waals surface area contributed by atoms with Gasteiger partial charge in [0, 0.05) is 12.1 Å². The van der Waals surface area contributed by atoms with Gasteiger partial charge in [-0.1, -0.05) is 59.6 Å². The molecule has 1 aromatic heterocycles. The topological polar surface area (TPSA) is 46.9 Å². The Bertz CT molecular complexity index is 935. The van der Waals surface area contributed by atoms with Crippen LogP contribution in [0.4, 0.5) is 4.39 Å². The van der Waals surface area contributed by atoms with Crippen molar-refractivity contribution in [2.45, 2.75) is 26.9 Å². The van der Waals surface area contributed by atoms with E-state index in [2.05, 4.69) is 10.4 Å². The molecule has 0 spiro atoms. The van der Waals surface area contributed by atoms with Gasteiger partial charge in [0.2, 0.25) is 0 Å². The minimum Gasteiger partial charge on any atom is -0.348 e. The van der Waals surface area contributed by atoms with Gasteiger partial charge in [0.25, 0.3) is 5.91 Å². The molecule has 0 radical (unpaired) electrons. The number of benzene rings is 2. The van der Waals surface area contributed by atoms with Crippen molar-refractivity contribution in [2.24, 2.45) is 0 Å². The second kappa shape index (κ2) is 7.70. The SMILES string of the molecule is Cc1ccc(Cn2nc(C)c(C(=O)NCc3ccccc3F)c2Cl)cc1. The molecule has 1 amide bonds. The molecule has 1 N–H and O–H groups in total. The number of halogens is 2. The number of carbonyl (C=O) groups excluding carboxylic acids is 1. The standard InChI is InChI=1S/C20H19ClFN3O/c1-13-7-9-15(10-8-13)12-25-19(21)18(14(2)24-25)20(26)23-11-16-5-3-4-6-17(16)22/h3-10H,11-12H2,1-2H3,(H,23,26). The summed E-state index contributed by atoms with van der Waals surface area (Å²) in [6.45, 7) is 4.31. The summed E-state index contributed by atoms with van der Waals surface area (Å²) in [6, 6.07) is 14.4. The molecular weight excluding hydrogens is 353 g/mol. The maximum atomic E-state index is 13.7. The van der Waals surface area contributed by atoms with Crippen molar-refractivity contribution in [3.8, 4) is 0 Å². The van der Waals surface area contributed by atoms with E-state index < -0.39 is 0 Å². The van der Waals surface area contributed by atoms with Gasteiger partial charge in [0.15, 0.2) is 0 Å². The molecule has 3 rings (SSSR count). The molecule has 0 aliphatic rings. The Morgan fingerprint density at radius 2 is 1.85 bits per heavy atom. The quantitative estimate of drug-likeness (QED) is 0.728. The summed E-state index contributed by atoms with van der Waals surface area (Å²) in [7, 11) is 0. The zero-order valence-electron chi connectivity index (χ0n) is 14.6. The molecule has 4 nitrogen and oxygen atoms in total. The normalized spacial score (nSPS) is 10.8. The van der Waals surface area contributed by atoms with Crippen molar-refractivity contribution >= 4 is 17.5 Å². The smallest absolute Gasteiger partial charge is 0.256 e. The van der Waals surface area contributed by atoms with E-state index in [4.69, 9.17) is 11.6 Å². The zero-order valence-corrected chi connectivity index (χ0v) is 15.3. The van der Waals surface area contributed by atoms with E-state index in [0.29, 0.717) is 23.4 Å². The predicted octanol–water partition coefficient (Wildman–Crippen LogP) is 4.27. The van der Waals surface area contributed by atoms with Crippen molar-refractivity contribution in [1.82, 2.24) is 15.1 Å². The minimum atomic E-state index is -0.370. The van der Waals surface area contributed by atoms with Crippen molar-refractivity contribution in [1.29, 1.82) is 0 Å². The summed E-state index contributed by atoms with van der Waals surface area (Å²) in [4.78, 5) is 12.5. The Labute approximate surface area is 156 Å². The summed E-state index contributed by atoms with van der Waals surface area (Å²) in [5, 5.41) is 7.35. The third-order valence-electron chi connectivity index (χ3n) is 4.14. The van der Waals surface area contributed by atoms with Gasteiger partial charge in [0.1, 0.15) is 11.0 Å². The first-order valence-corrected chi connectivity index (χ1v) is 8.63. The van der Waals surface area contributed by atoms with Crippen LogP contribution in [0.2, 0.25) is 5.15 Å². The average molecular weight is 372 g/mol. The molecule has 6 heteroatoms. The number of aromatic nitrogens is 2. The van der Waals surface area contributed by atoms with Crippen molar-refractivity contribution < 1.29 is 9.18 Å². The summed E-state index contributed by atoms with van der Waals surface area (Å²) in [6.07, 6.45) is 0. The highest BCUT2D eigenvalue weighted by molar-refractivity contribution is 6.33. The largest absolute Gasteiger partial charge is 0.348 e. The lowest BCUT2D eigenvalue weighted by atomic mass is 10.1. The van der Waals surface area contributed by atoms with Gasteiger partial charge in [0.05, 0.1) is 17.8 Å². The first-order chi connectivity index (χ1) is 12.5. The molecular formula is C20H19ClFN3O. The molecule has 0 bridgehead atoms. The fourth-order valence-electron chi connectivity index (χ4n) is 2.69. The molecule has 1 heterocycles. The van der Waals surface area contributed by atoms with Crippen LogP contribution in [0.5, 0.6) is 0 Å². The average Bonchev–Trinajstić information content (AvgIpc) is 2.89. The third-order valence-corrected chi connectivity index (χ3v) is 4.53. The second-order valence-electron chi connectivity index (χ2n) is 6.17. The van der Waals surface area contributed by atoms with Crippen LogP contribution in [0, 0.1) is 19.7 Å². The van der Waals surface area contributed by atoms with Crippen molar-refractivity contribution in [3.05, 3.63) is 87.4 Å². The number of nitrogens with zero attached hydrogens (tertiary/aromatic N) is 2. The highest BCUT2D eigenvalue weighted by atomic mass is 35.5. The lowest BCUT2D eigenvalue weighted by Gasteiger charge is -2.07. The molecule has 0 saturated carbocycles. The fraction of sp³-hybridized carbons (Fsp3) is 0.200. The van der Waals surface area contributed by atoms with Gasteiger partial charge in [-0.25, -0.2) is 9.07 Å². The van der Waals surface area contributed by atoms with Crippen LogP contribution >= 0.6 is 11.6 Å². The van der Waals surface area contributed by atoms with E-state index in [1.165, 1.54) is 11.6 Å². The maximum Gasteiger partial charge on any atom is 0.256 e. The Balaban J connectivity index is 1.75. The van der Waals surface area contributed by atoms with Crippen LogP contribution in [-0.2, 0) is 13.1 Å². The van der Waals surface area contributed by atoms with Gasteiger partial charge in [-0.15, -0.1) is 0 Å². The highest BCUT2D eigenvalue weighted by Crippen LogP contribution is 2.21. The van der Waals surface area contributed by atoms with E-state index in [-0.39, 0.29) is 23.4 Å². The number of hydrogen-bond donors (Lipinski definition) is 1. The van der Waals surface area contributed by atoms with Gasteiger partial charge in [-0.2, -0.15) is 5.10 Å². The molecule has 0 aliphatic heterocycles. The Morgan fingerprint density at radius 1 is 1.15 bits per heavy atom. The molecule has 2 aromatic carbocycles. The highest BCUT2D eigenvalue weighted by Gasteiger charge is 2.20. The summed E-state index contributed by atoms with van der Waals surface area (Å²) in [5.74, 6) is -0.725. The van der Waals surface area contributed by atoms with E-state index in [1.54, 1.807) is 29.8 Å². The van der Waals surface area contributed by atoms with Crippen LogP contribution < -0.4 is 5.32 Å². The van der Waals surface area contributed by atoms with Crippen LogP contribution in [0.15, 0.2) is 48.5 Å². The predicted molar refractivity (Wildman–Crippen MR) is 99.8 cm³/mol. The monoisotopic (exact) mass is 371 g/mol. The Kier molecular flexibility index (Phi) is 5.38. The van der Waals surface area contributed by atoms with Crippen LogP contribution in [-0.4, -0.2) is 15.7 Å². The summed E-state index contributed by atoms with van der Waals surface area (Å²) >= 11 is 6.38. The minimum absolute atomic E-state index is 0.0877. The van der Waals surface area contributed by atoms with Gasteiger partial charge < -0.3 is 5.32 Å². The Hall–Kier alpha value is -2.66. The van der Waals surface area contributed by atoms with Crippen LogP contribution in [0.25, 0.3) is 0 Å². The molecule has 134 valence electrons. The van der Waals surface area contributed by atoms with Crippen molar-refractivity contribution in [3.63, 3.8) is 0 Å². The van der Waals surface area contributed by atoms with Gasteiger partial charge in [-0.05, 0) is 25.5 Å². The lowest BCUT2D eigenvalue weighted by Crippen LogP contribution is -2.24. The van der Waals surface area contributed by atoms with Crippen LogP contribution in [0.1, 0.15) is 32.7 Å². The molecule has 0 aliphatic carbocycles. The number of carbonyl (C=O) groups is 1. The molecule has 26 heavy (non-hydrogen) atoms. The Morgan fingerprint density at radius 3 is 2.54 bits per heavy atom. The molecule has 0 unspecified atom stereocenters. The van der Waals surface area contributed by atoms with E-state index >= 15 is 0 Å². The van der Waals surface area contributed by atoms with Crippen molar-refractivity contribution in [2.75, 3.05) is 0 Å². The first-order valence-electron chi connectivity index (χ1n) is 8.25. The number of nitrogens with one attached hydrogen (secondary N) is 1. The van der Waals surface area contributed by atoms with E-state index in [9.17, 15) is 9.18 Å². The number of aryl methyl sites for hydroxylation is 2. The lowest BCUT2D eigenvalue weighted by molar-refractivity contribution is 0.0950. The third kappa shape index (κ3) is 3.94. The second-order valence-corrected chi connectivity index (χ2v) is 6.53. The van der Waals surface area contributed by atoms with Gasteiger partial charge in [-0.3, -0.25) is 4.79 Å². The first kappa shape index (κ1) is 18.1. The zero-order chi connectivity index (χ0) is 18.7. The number of rotatable bonds is 5. The maximum absolute atomic E-state index is 13.7. The molecule has 3 aromatic rings.